The first-order valence-corrected chi connectivity index (χ1v) is 4.76. The number of carbonyl (C=O) groups excluding carboxylic acids is 1. The SMILES string of the molecule is CC(O)(c1cc(C(=O)NN)no1)C1CC1. The molecule has 4 N–H and O–H groups in total. The van der Waals surface area contributed by atoms with Crippen molar-refractivity contribution in [2.75, 3.05) is 0 Å². The summed E-state index contributed by atoms with van der Waals surface area (Å²) in [5.74, 6) is 4.92. The van der Waals surface area contributed by atoms with Crippen LogP contribution in [0.4, 0.5) is 0 Å². The van der Waals surface area contributed by atoms with E-state index in [1.807, 2.05) is 5.43 Å². The van der Waals surface area contributed by atoms with Gasteiger partial charge in [-0.25, -0.2) is 5.84 Å². The van der Waals surface area contributed by atoms with Gasteiger partial charge >= 0.3 is 0 Å². The third kappa shape index (κ3) is 1.73. The van der Waals surface area contributed by atoms with E-state index in [-0.39, 0.29) is 11.6 Å². The highest BCUT2D eigenvalue weighted by molar-refractivity contribution is 5.91. The molecule has 1 aromatic heterocycles. The smallest absolute Gasteiger partial charge is 0.287 e. The topological polar surface area (TPSA) is 101 Å². The molecule has 1 heterocycles. The highest BCUT2D eigenvalue weighted by atomic mass is 16.5. The van der Waals surface area contributed by atoms with Gasteiger partial charge in [0.05, 0.1) is 0 Å². The minimum Gasteiger partial charge on any atom is -0.382 e. The second-order valence-corrected chi connectivity index (χ2v) is 3.97. The fraction of sp³-hybridized carbons (Fsp3) is 0.556. The summed E-state index contributed by atoms with van der Waals surface area (Å²) in [6.45, 7) is 1.66. The number of nitrogens with two attached hydrogens (primary N) is 1. The number of rotatable bonds is 3. The lowest BCUT2D eigenvalue weighted by Crippen LogP contribution is -2.30. The van der Waals surface area contributed by atoms with Crippen molar-refractivity contribution in [3.05, 3.63) is 17.5 Å². The number of aliphatic hydroxyl groups is 1. The average Bonchev–Trinajstić information content (AvgIpc) is 2.95. The number of nitrogen functional groups attached to an aromatic ring is 1. The molecule has 82 valence electrons. The van der Waals surface area contributed by atoms with Crippen molar-refractivity contribution in [1.82, 2.24) is 10.6 Å². The summed E-state index contributed by atoms with van der Waals surface area (Å²) in [7, 11) is 0. The first kappa shape index (κ1) is 10.1. The first-order chi connectivity index (χ1) is 7.05. The molecule has 1 amide bonds. The van der Waals surface area contributed by atoms with E-state index in [2.05, 4.69) is 5.16 Å². The van der Waals surface area contributed by atoms with Gasteiger partial charge in [-0.1, -0.05) is 5.16 Å². The molecule has 2 rings (SSSR count). The number of hydrazine groups is 1. The number of nitrogens with zero attached hydrogens (tertiary/aromatic N) is 1. The summed E-state index contributed by atoms with van der Waals surface area (Å²) < 4.78 is 4.94. The predicted octanol–water partition coefficient (Wildman–Crippen LogP) is -0.104. The van der Waals surface area contributed by atoms with Crippen LogP contribution in [0.5, 0.6) is 0 Å². The minimum absolute atomic E-state index is 0.0772. The molecule has 6 nitrogen and oxygen atoms in total. The lowest BCUT2D eigenvalue weighted by molar-refractivity contribution is 0.00595. The summed E-state index contributed by atoms with van der Waals surface area (Å²) >= 11 is 0. The molecular weight excluding hydrogens is 198 g/mol. The number of hydrogen-bond donors (Lipinski definition) is 3. The van der Waals surface area contributed by atoms with Gasteiger partial charge in [0.1, 0.15) is 5.60 Å². The van der Waals surface area contributed by atoms with Gasteiger partial charge in [0.25, 0.3) is 5.91 Å². The van der Waals surface area contributed by atoms with Crippen LogP contribution in [-0.4, -0.2) is 16.2 Å². The van der Waals surface area contributed by atoms with E-state index in [1.54, 1.807) is 6.92 Å². The maximum Gasteiger partial charge on any atom is 0.287 e. The van der Waals surface area contributed by atoms with E-state index in [0.29, 0.717) is 5.76 Å². The van der Waals surface area contributed by atoms with Crippen LogP contribution in [0.3, 0.4) is 0 Å². The van der Waals surface area contributed by atoms with Crippen LogP contribution < -0.4 is 11.3 Å². The predicted molar refractivity (Wildman–Crippen MR) is 50.5 cm³/mol. The van der Waals surface area contributed by atoms with Crippen molar-refractivity contribution < 1.29 is 14.4 Å². The van der Waals surface area contributed by atoms with Crippen molar-refractivity contribution in [1.29, 1.82) is 0 Å². The lowest BCUT2D eigenvalue weighted by Gasteiger charge is -2.18. The second-order valence-electron chi connectivity index (χ2n) is 3.97. The second kappa shape index (κ2) is 3.32. The van der Waals surface area contributed by atoms with Crippen LogP contribution >= 0.6 is 0 Å². The van der Waals surface area contributed by atoms with E-state index in [1.165, 1.54) is 6.07 Å². The largest absolute Gasteiger partial charge is 0.382 e. The van der Waals surface area contributed by atoms with Gasteiger partial charge in [-0.3, -0.25) is 10.2 Å². The highest BCUT2D eigenvalue weighted by Gasteiger charge is 2.44. The summed E-state index contributed by atoms with van der Waals surface area (Å²) in [5, 5.41) is 13.6. The van der Waals surface area contributed by atoms with Crippen LogP contribution in [0.1, 0.15) is 36.0 Å². The zero-order chi connectivity index (χ0) is 11.1. The fourth-order valence-electron chi connectivity index (χ4n) is 1.54. The van der Waals surface area contributed by atoms with Crippen molar-refractivity contribution in [2.24, 2.45) is 11.8 Å². The van der Waals surface area contributed by atoms with Crippen molar-refractivity contribution in [3.63, 3.8) is 0 Å². The van der Waals surface area contributed by atoms with Crippen molar-refractivity contribution >= 4 is 5.91 Å². The third-order valence-corrected chi connectivity index (χ3v) is 2.75. The van der Waals surface area contributed by atoms with Crippen LogP contribution in [0.2, 0.25) is 0 Å². The first-order valence-electron chi connectivity index (χ1n) is 4.76. The Kier molecular flexibility index (Phi) is 2.24. The zero-order valence-electron chi connectivity index (χ0n) is 8.36. The van der Waals surface area contributed by atoms with E-state index in [9.17, 15) is 9.90 Å². The Balaban J connectivity index is 2.22. The number of nitrogens with one attached hydrogen (secondary N) is 1. The van der Waals surface area contributed by atoms with Crippen molar-refractivity contribution in [3.8, 4) is 0 Å². The molecule has 0 aromatic carbocycles. The Hall–Kier alpha value is -1.40. The molecule has 6 heteroatoms. The Morgan fingerprint density at radius 3 is 3.00 bits per heavy atom. The van der Waals surface area contributed by atoms with Gasteiger partial charge in [-0.15, -0.1) is 0 Å². The van der Waals surface area contributed by atoms with E-state index >= 15 is 0 Å². The lowest BCUT2D eigenvalue weighted by atomic mass is 9.97. The minimum atomic E-state index is -1.04. The van der Waals surface area contributed by atoms with Gasteiger partial charge in [-0.2, -0.15) is 0 Å². The maximum atomic E-state index is 11.1. The molecular formula is C9H13N3O3. The molecule has 0 spiro atoms. The van der Waals surface area contributed by atoms with Gasteiger partial charge in [0, 0.05) is 6.07 Å². The Morgan fingerprint density at radius 2 is 2.47 bits per heavy atom. The zero-order valence-corrected chi connectivity index (χ0v) is 8.36. The normalized spacial score (nSPS) is 19.7. The molecule has 1 fully saturated rings. The summed E-state index contributed by atoms with van der Waals surface area (Å²) in [5.41, 5.74) is 0.984. The molecule has 1 saturated carbocycles. The molecule has 0 bridgehead atoms. The molecule has 1 aromatic rings. The number of aromatic nitrogens is 1. The summed E-state index contributed by atoms with van der Waals surface area (Å²) in [6.07, 6.45) is 1.93. The van der Waals surface area contributed by atoms with E-state index in [4.69, 9.17) is 10.4 Å². The van der Waals surface area contributed by atoms with Crippen molar-refractivity contribution in [2.45, 2.75) is 25.4 Å². The monoisotopic (exact) mass is 211 g/mol. The number of carbonyl (C=O) groups is 1. The summed E-state index contributed by atoms with van der Waals surface area (Å²) in [4.78, 5) is 11.1. The molecule has 1 unspecified atom stereocenters. The fourth-order valence-corrected chi connectivity index (χ4v) is 1.54. The number of hydrogen-bond acceptors (Lipinski definition) is 5. The van der Waals surface area contributed by atoms with Gasteiger partial charge < -0.3 is 9.63 Å². The van der Waals surface area contributed by atoms with Crippen LogP contribution in [0.15, 0.2) is 10.6 Å². The molecule has 0 aliphatic heterocycles. The quantitative estimate of drug-likeness (QED) is 0.368. The highest BCUT2D eigenvalue weighted by Crippen LogP contribution is 2.45. The molecule has 1 aliphatic carbocycles. The van der Waals surface area contributed by atoms with Crippen LogP contribution in [-0.2, 0) is 5.60 Å². The molecule has 0 saturated heterocycles. The summed E-state index contributed by atoms with van der Waals surface area (Å²) in [6, 6.07) is 1.42. The molecule has 15 heavy (non-hydrogen) atoms. The van der Waals surface area contributed by atoms with Crippen LogP contribution in [0, 0.1) is 5.92 Å². The van der Waals surface area contributed by atoms with E-state index < -0.39 is 11.5 Å². The Morgan fingerprint density at radius 1 is 1.80 bits per heavy atom. The van der Waals surface area contributed by atoms with Gasteiger partial charge in [-0.05, 0) is 25.7 Å². The standard InChI is InChI=1S/C9H13N3O3/c1-9(14,5-2-3-5)7-4-6(12-15-7)8(13)11-10/h4-5,14H,2-3,10H2,1H3,(H,11,13). The third-order valence-electron chi connectivity index (χ3n) is 2.75. The maximum absolute atomic E-state index is 11.1. The number of amides is 1. The molecule has 1 aliphatic rings. The molecule has 1 atom stereocenters. The van der Waals surface area contributed by atoms with Crippen LogP contribution in [0.25, 0.3) is 0 Å². The average molecular weight is 211 g/mol. The van der Waals surface area contributed by atoms with Gasteiger partial charge in [0.2, 0.25) is 0 Å². The molecule has 0 radical (unpaired) electrons. The Labute approximate surface area is 86.4 Å². The van der Waals surface area contributed by atoms with E-state index in [0.717, 1.165) is 12.8 Å². The Bertz CT molecular complexity index is 382. The van der Waals surface area contributed by atoms with Gasteiger partial charge in [0.15, 0.2) is 11.5 Å².